The predicted molar refractivity (Wildman–Crippen MR) is 119 cm³/mol. The average molecular weight is 462 g/mol. The SMILES string of the molecule is CCOCC(=O)N(C)CCC(C)n1nc(-c2ccncc2Cl)n(-c2ccc(F)cc2)c1=O. The zero-order valence-corrected chi connectivity index (χ0v) is 18.9. The fraction of sp³-hybridized carbons (Fsp3) is 0.364. The molecule has 2 aromatic heterocycles. The molecule has 1 unspecified atom stereocenters. The Morgan fingerprint density at radius 3 is 2.66 bits per heavy atom. The Kier molecular flexibility index (Phi) is 7.76. The Bertz CT molecular complexity index is 1130. The van der Waals surface area contributed by atoms with Crippen molar-refractivity contribution in [2.75, 3.05) is 26.8 Å². The lowest BCUT2D eigenvalue weighted by molar-refractivity contribution is -0.134. The van der Waals surface area contributed by atoms with Gasteiger partial charge in [0.1, 0.15) is 12.4 Å². The number of carbonyl (C=O) groups excluding carboxylic acids is 1. The molecule has 8 nitrogen and oxygen atoms in total. The third-order valence-electron chi connectivity index (χ3n) is 5.05. The van der Waals surface area contributed by atoms with Gasteiger partial charge in [0.2, 0.25) is 5.91 Å². The summed E-state index contributed by atoms with van der Waals surface area (Å²) in [7, 11) is 1.69. The molecule has 0 radical (unpaired) electrons. The van der Waals surface area contributed by atoms with Gasteiger partial charge in [0.15, 0.2) is 5.82 Å². The summed E-state index contributed by atoms with van der Waals surface area (Å²) in [5.41, 5.74) is 0.593. The van der Waals surface area contributed by atoms with Crippen LogP contribution in [0.2, 0.25) is 5.02 Å². The van der Waals surface area contributed by atoms with E-state index in [-0.39, 0.29) is 18.6 Å². The number of aromatic nitrogens is 4. The maximum absolute atomic E-state index is 13.5. The van der Waals surface area contributed by atoms with E-state index in [0.29, 0.717) is 41.7 Å². The average Bonchev–Trinajstić information content (AvgIpc) is 3.13. The van der Waals surface area contributed by atoms with Gasteiger partial charge in [0.05, 0.1) is 16.8 Å². The summed E-state index contributed by atoms with van der Waals surface area (Å²) in [6, 6.07) is 6.92. The van der Waals surface area contributed by atoms with Gasteiger partial charge in [-0.2, -0.15) is 0 Å². The molecule has 170 valence electrons. The Balaban J connectivity index is 1.94. The van der Waals surface area contributed by atoms with Crippen molar-refractivity contribution in [2.45, 2.75) is 26.3 Å². The molecule has 10 heteroatoms. The zero-order chi connectivity index (χ0) is 23.3. The van der Waals surface area contributed by atoms with E-state index in [9.17, 15) is 14.0 Å². The highest BCUT2D eigenvalue weighted by Crippen LogP contribution is 2.27. The summed E-state index contributed by atoms with van der Waals surface area (Å²) in [6.45, 7) is 4.58. The monoisotopic (exact) mass is 461 g/mol. The van der Waals surface area contributed by atoms with Crippen LogP contribution < -0.4 is 5.69 Å². The van der Waals surface area contributed by atoms with E-state index in [2.05, 4.69) is 10.1 Å². The number of carbonyl (C=O) groups is 1. The molecule has 3 rings (SSSR count). The van der Waals surface area contributed by atoms with Crippen molar-refractivity contribution in [3.8, 4) is 17.1 Å². The van der Waals surface area contributed by atoms with E-state index >= 15 is 0 Å². The summed E-state index contributed by atoms with van der Waals surface area (Å²) in [5.74, 6) is -0.222. The molecule has 0 N–H and O–H groups in total. The molecule has 2 heterocycles. The van der Waals surface area contributed by atoms with Crippen molar-refractivity contribution in [1.82, 2.24) is 24.2 Å². The minimum Gasteiger partial charge on any atom is -0.372 e. The Morgan fingerprint density at radius 2 is 2.00 bits per heavy atom. The number of hydrogen-bond donors (Lipinski definition) is 0. The van der Waals surface area contributed by atoms with Crippen molar-refractivity contribution in [2.24, 2.45) is 0 Å². The van der Waals surface area contributed by atoms with E-state index in [1.165, 1.54) is 39.7 Å². The first-order valence-corrected chi connectivity index (χ1v) is 10.6. The summed E-state index contributed by atoms with van der Waals surface area (Å²) in [4.78, 5) is 31.0. The molecule has 3 aromatic rings. The molecule has 0 fully saturated rings. The summed E-state index contributed by atoms with van der Waals surface area (Å²) >= 11 is 6.32. The number of rotatable bonds is 9. The maximum atomic E-state index is 13.5. The minimum absolute atomic E-state index is 0.0191. The molecule has 0 aliphatic rings. The normalized spacial score (nSPS) is 12.0. The van der Waals surface area contributed by atoms with Gasteiger partial charge in [-0.3, -0.25) is 9.78 Å². The van der Waals surface area contributed by atoms with Crippen LogP contribution in [0.25, 0.3) is 17.1 Å². The largest absolute Gasteiger partial charge is 0.372 e. The van der Waals surface area contributed by atoms with Crippen LogP contribution in [0.4, 0.5) is 4.39 Å². The summed E-state index contributed by atoms with van der Waals surface area (Å²) < 4.78 is 21.4. The number of benzene rings is 1. The first-order valence-electron chi connectivity index (χ1n) is 10.2. The highest BCUT2D eigenvalue weighted by molar-refractivity contribution is 6.33. The van der Waals surface area contributed by atoms with Crippen LogP contribution in [0.15, 0.2) is 47.5 Å². The van der Waals surface area contributed by atoms with E-state index in [1.54, 1.807) is 24.2 Å². The fourth-order valence-corrected chi connectivity index (χ4v) is 3.35. The molecule has 1 aromatic carbocycles. The van der Waals surface area contributed by atoms with Crippen molar-refractivity contribution >= 4 is 17.5 Å². The molecule has 0 saturated carbocycles. The van der Waals surface area contributed by atoms with Crippen molar-refractivity contribution < 1.29 is 13.9 Å². The topological polar surface area (TPSA) is 82.2 Å². The molecular weight excluding hydrogens is 437 g/mol. The molecule has 0 saturated heterocycles. The Labute approximate surface area is 190 Å². The molecule has 1 atom stereocenters. The van der Waals surface area contributed by atoms with Gasteiger partial charge in [-0.05, 0) is 50.6 Å². The molecule has 0 spiro atoms. The lowest BCUT2D eigenvalue weighted by atomic mass is 10.2. The van der Waals surface area contributed by atoms with Gasteiger partial charge in [-0.15, -0.1) is 5.10 Å². The Morgan fingerprint density at radius 1 is 1.28 bits per heavy atom. The highest BCUT2D eigenvalue weighted by atomic mass is 35.5. The van der Waals surface area contributed by atoms with E-state index in [4.69, 9.17) is 16.3 Å². The Hall–Kier alpha value is -3.04. The van der Waals surface area contributed by atoms with Crippen LogP contribution in [0.5, 0.6) is 0 Å². The number of ether oxygens (including phenoxy) is 1. The van der Waals surface area contributed by atoms with Gasteiger partial charge in [-0.1, -0.05) is 11.6 Å². The molecule has 0 bridgehead atoms. The third-order valence-corrected chi connectivity index (χ3v) is 5.36. The quantitative estimate of drug-likeness (QED) is 0.488. The summed E-state index contributed by atoms with van der Waals surface area (Å²) in [6.07, 6.45) is 3.53. The summed E-state index contributed by atoms with van der Waals surface area (Å²) in [5, 5.41) is 4.88. The van der Waals surface area contributed by atoms with Crippen LogP contribution >= 0.6 is 11.6 Å². The standard InChI is InChI=1S/C22H25ClFN5O3/c1-4-32-14-20(30)27(3)12-10-15(2)29-22(31)28(17-7-5-16(24)6-8-17)21(26-29)18-9-11-25-13-19(18)23/h5-9,11,13,15H,4,10,12,14H2,1-3H3. The van der Waals surface area contributed by atoms with Gasteiger partial charge in [-0.25, -0.2) is 18.4 Å². The first-order chi connectivity index (χ1) is 15.3. The van der Waals surface area contributed by atoms with Gasteiger partial charge < -0.3 is 9.64 Å². The molecule has 1 amide bonds. The first kappa shape index (κ1) is 23.6. The van der Waals surface area contributed by atoms with Gasteiger partial charge >= 0.3 is 5.69 Å². The number of amides is 1. The highest BCUT2D eigenvalue weighted by Gasteiger charge is 2.22. The van der Waals surface area contributed by atoms with Crippen molar-refractivity contribution in [1.29, 1.82) is 0 Å². The maximum Gasteiger partial charge on any atom is 0.351 e. The number of pyridine rings is 1. The molecule has 0 aliphatic carbocycles. The van der Waals surface area contributed by atoms with Crippen LogP contribution in [0.1, 0.15) is 26.3 Å². The van der Waals surface area contributed by atoms with Crippen LogP contribution in [0, 0.1) is 5.82 Å². The lowest BCUT2D eigenvalue weighted by Crippen LogP contribution is -2.33. The second-order valence-electron chi connectivity index (χ2n) is 7.31. The third kappa shape index (κ3) is 5.23. The zero-order valence-electron chi connectivity index (χ0n) is 18.2. The minimum atomic E-state index is -0.411. The molecule has 0 aliphatic heterocycles. The van der Waals surface area contributed by atoms with E-state index in [0.717, 1.165) is 0 Å². The van der Waals surface area contributed by atoms with Crippen LogP contribution in [-0.4, -0.2) is 56.9 Å². The molecule has 32 heavy (non-hydrogen) atoms. The van der Waals surface area contributed by atoms with Crippen molar-refractivity contribution in [3.05, 3.63) is 64.0 Å². The number of likely N-dealkylation sites (N-methyl/N-ethyl adjacent to an activating group) is 1. The number of hydrogen-bond acceptors (Lipinski definition) is 5. The van der Waals surface area contributed by atoms with Gasteiger partial charge in [0, 0.05) is 38.2 Å². The van der Waals surface area contributed by atoms with E-state index < -0.39 is 11.5 Å². The van der Waals surface area contributed by atoms with Crippen LogP contribution in [-0.2, 0) is 9.53 Å². The van der Waals surface area contributed by atoms with Crippen LogP contribution in [0.3, 0.4) is 0 Å². The number of halogens is 2. The van der Waals surface area contributed by atoms with E-state index in [1.807, 2.05) is 13.8 Å². The molecular formula is C22H25ClFN5O3. The number of nitrogens with zero attached hydrogens (tertiary/aromatic N) is 5. The van der Waals surface area contributed by atoms with Crippen molar-refractivity contribution in [3.63, 3.8) is 0 Å². The predicted octanol–water partition coefficient (Wildman–Crippen LogP) is 3.33. The fourth-order valence-electron chi connectivity index (χ4n) is 3.15. The second-order valence-corrected chi connectivity index (χ2v) is 7.72. The smallest absolute Gasteiger partial charge is 0.351 e. The van der Waals surface area contributed by atoms with Gasteiger partial charge in [0.25, 0.3) is 0 Å². The lowest BCUT2D eigenvalue weighted by Gasteiger charge is -2.19. The second kappa shape index (κ2) is 10.5.